The van der Waals surface area contributed by atoms with Crippen LogP contribution in [0, 0.1) is 11.6 Å². The number of nitrogens with zero attached hydrogens (tertiary/aromatic N) is 3. The molecule has 0 aliphatic carbocycles. The molecule has 1 aliphatic heterocycles. The van der Waals surface area contributed by atoms with Crippen LogP contribution in [0.2, 0.25) is 0 Å². The van der Waals surface area contributed by atoms with Crippen molar-refractivity contribution in [2.75, 3.05) is 19.6 Å². The van der Waals surface area contributed by atoms with Crippen LogP contribution < -0.4 is 5.32 Å². The van der Waals surface area contributed by atoms with E-state index in [1.165, 1.54) is 11.0 Å². The Morgan fingerprint density at radius 1 is 1.26 bits per heavy atom. The zero-order valence-electron chi connectivity index (χ0n) is 14.9. The molecule has 1 saturated heterocycles. The number of hydrogen-bond donors (Lipinski definition) is 2. The van der Waals surface area contributed by atoms with Crippen LogP contribution in [-0.2, 0) is 17.8 Å². The topological polar surface area (TPSA) is 78.4 Å². The van der Waals surface area contributed by atoms with Crippen LogP contribution in [0.3, 0.4) is 0 Å². The summed E-state index contributed by atoms with van der Waals surface area (Å²) in [7, 11) is 0. The summed E-state index contributed by atoms with van der Waals surface area (Å²) in [5.74, 6) is -2.27. The smallest absolute Gasteiger partial charge is 0.256 e. The average Bonchev–Trinajstić information content (AvgIpc) is 2.67. The van der Waals surface area contributed by atoms with Crippen molar-refractivity contribution in [1.29, 1.82) is 0 Å². The number of aliphatic hydroxyl groups is 1. The van der Waals surface area contributed by atoms with E-state index in [1.54, 1.807) is 18.6 Å². The Morgan fingerprint density at radius 3 is 2.85 bits per heavy atom. The number of piperidine rings is 1. The highest BCUT2D eigenvalue weighted by Gasteiger charge is 2.41. The quantitative estimate of drug-likeness (QED) is 0.715. The van der Waals surface area contributed by atoms with E-state index in [2.05, 4.69) is 15.3 Å². The first kappa shape index (κ1) is 19.3. The minimum Gasteiger partial charge on any atom is -0.379 e. The molecular formula is C19H22F2N4O2. The van der Waals surface area contributed by atoms with E-state index < -0.39 is 23.1 Å². The van der Waals surface area contributed by atoms with Crippen molar-refractivity contribution in [3.05, 3.63) is 59.7 Å². The Hall–Kier alpha value is -2.45. The molecule has 0 spiro atoms. The largest absolute Gasteiger partial charge is 0.379 e. The number of amides is 1. The standard InChI is InChI=1S/C19H22F2N4O2/c20-16-3-2-14(10-17(16)21)12-25-9-1-5-19(27,18(25)26)13-23-6-4-15-11-22-7-8-24-15/h2-3,7-8,10-11,23,27H,1,4-6,9,12-13H2/t19-/m1/s1. The number of hydrogen-bond acceptors (Lipinski definition) is 5. The highest BCUT2D eigenvalue weighted by Crippen LogP contribution is 2.24. The van der Waals surface area contributed by atoms with Crippen molar-refractivity contribution < 1.29 is 18.7 Å². The molecule has 0 unspecified atom stereocenters. The van der Waals surface area contributed by atoms with Gasteiger partial charge in [0.25, 0.3) is 5.91 Å². The van der Waals surface area contributed by atoms with Crippen LogP contribution in [-0.4, -0.2) is 51.1 Å². The molecule has 27 heavy (non-hydrogen) atoms. The normalized spacial score (nSPS) is 20.1. The second kappa shape index (κ2) is 8.49. The van der Waals surface area contributed by atoms with Gasteiger partial charge in [0.1, 0.15) is 0 Å². The number of carbonyl (C=O) groups is 1. The van der Waals surface area contributed by atoms with Gasteiger partial charge in [-0.25, -0.2) is 8.78 Å². The van der Waals surface area contributed by atoms with Crippen molar-refractivity contribution in [1.82, 2.24) is 20.2 Å². The summed E-state index contributed by atoms with van der Waals surface area (Å²) in [6, 6.07) is 3.56. The summed E-state index contributed by atoms with van der Waals surface area (Å²) in [5.41, 5.74) is -0.187. The number of aromatic nitrogens is 2. The predicted octanol–water partition coefficient (Wildman–Crippen LogP) is 1.44. The highest BCUT2D eigenvalue weighted by molar-refractivity contribution is 5.86. The Bertz CT molecular complexity index is 791. The lowest BCUT2D eigenvalue weighted by molar-refractivity contribution is -0.157. The summed E-state index contributed by atoms with van der Waals surface area (Å²) < 4.78 is 26.4. The fraction of sp³-hybridized carbons (Fsp3) is 0.421. The van der Waals surface area contributed by atoms with Crippen molar-refractivity contribution in [2.45, 2.75) is 31.4 Å². The third kappa shape index (κ3) is 4.84. The van der Waals surface area contributed by atoms with Gasteiger partial charge in [-0.2, -0.15) is 0 Å². The Morgan fingerprint density at radius 2 is 2.11 bits per heavy atom. The second-order valence-electron chi connectivity index (χ2n) is 6.73. The highest BCUT2D eigenvalue weighted by atomic mass is 19.2. The molecule has 1 aliphatic rings. The van der Waals surface area contributed by atoms with E-state index in [1.807, 2.05) is 0 Å². The molecular weight excluding hydrogens is 354 g/mol. The second-order valence-corrected chi connectivity index (χ2v) is 6.73. The average molecular weight is 376 g/mol. The van der Waals surface area contributed by atoms with Crippen LogP contribution >= 0.6 is 0 Å². The maximum atomic E-state index is 13.4. The Balaban J connectivity index is 1.55. The zero-order chi connectivity index (χ0) is 19.3. The van der Waals surface area contributed by atoms with E-state index in [0.29, 0.717) is 37.9 Å². The Kier molecular flexibility index (Phi) is 6.08. The molecule has 8 heteroatoms. The fourth-order valence-corrected chi connectivity index (χ4v) is 3.21. The zero-order valence-corrected chi connectivity index (χ0v) is 14.9. The van der Waals surface area contributed by atoms with Gasteiger partial charge in [-0.3, -0.25) is 14.8 Å². The predicted molar refractivity (Wildman–Crippen MR) is 94.6 cm³/mol. The molecule has 2 aromatic rings. The van der Waals surface area contributed by atoms with Gasteiger partial charge in [0.05, 0.1) is 5.69 Å². The van der Waals surface area contributed by atoms with Gasteiger partial charge in [-0.1, -0.05) is 6.07 Å². The minimum atomic E-state index is -1.50. The van der Waals surface area contributed by atoms with Crippen molar-refractivity contribution >= 4 is 5.91 Å². The molecule has 1 aromatic carbocycles. The van der Waals surface area contributed by atoms with Crippen molar-refractivity contribution in [3.63, 3.8) is 0 Å². The first-order valence-corrected chi connectivity index (χ1v) is 8.89. The molecule has 0 saturated carbocycles. The van der Waals surface area contributed by atoms with Crippen LogP contribution in [0.15, 0.2) is 36.8 Å². The molecule has 1 amide bonds. The molecule has 2 N–H and O–H groups in total. The Labute approximate surface area is 156 Å². The number of rotatable bonds is 7. The lowest BCUT2D eigenvalue weighted by Crippen LogP contribution is -2.57. The number of carbonyl (C=O) groups excluding carboxylic acids is 1. The molecule has 2 heterocycles. The SMILES string of the molecule is O=C1N(Cc2ccc(F)c(F)c2)CCC[C@@]1(O)CNCCc1cnccn1. The number of benzene rings is 1. The van der Waals surface area contributed by atoms with E-state index in [9.17, 15) is 18.7 Å². The third-order valence-corrected chi connectivity index (χ3v) is 4.65. The molecule has 0 bridgehead atoms. The summed E-state index contributed by atoms with van der Waals surface area (Å²) in [4.78, 5) is 22.4. The van der Waals surface area contributed by atoms with Crippen molar-refractivity contribution in [3.8, 4) is 0 Å². The van der Waals surface area contributed by atoms with Crippen LogP contribution in [0.5, 0.6) is 0 Å². The first-order chi connectivity index (χ1) is 13.0. The molecule has 0 radical (unpaired) electrons. The minimum absolute atomic E-state index is 0.125. The molecule has 3 rings (SSSR count). The number of halogens is 2. The van der Waals surface area contributed by atoms with Gasteiger partial charge in [-0.15, -0.1) is 0 Å². The number of likely N-dealkylation sites (tertiary alicyclic amines) is 1. The maximum Gasteiger partial charge on any atom is 0.256 e. The molecule has 1 atom stereocenters. The van der Waals surface area contributed by atoms with Crippen LogP contribution in [0.4, 0.5) is 8.78 Å². The lowest BCUT2D eigenvalue weighted by Gasteiger charge is -2.38. The van der Waals surface area contributed by atoms with E-state index in [-0.39, 0.29) is 13.1 Å². The van der Waals surface area contributed by atoms with Gasteiger partial charge >= 0.3 is 0 Å². The fourth-order valence-electron chi connectivity index (χ4n) is 3.21. The third-order valence-electron chi connectivity index (χ3n) is 4.65. The van der Waals surface area contributed by atoms with Crippen LogP contribution in [0.1, 0.15) is 24.1 Å². The van der Waals surface area contributed by atoms with E-state index >= 15 is 0 Å². The van der Waals surface area contributed by atoms with Crippen LogP contribution in [0.25, 0.3) is 0 Å². The van der Waals surface area contributed by atoms with Gasteiger partial charge in [0, 0.05) is 51.2 Å². The summed E-state index contributed by atoms with van der Waals surface area (Å²) >= 11 is 0. The number of nitrogens with one attached hydrogen (secondary N) is 1. The first-order valence-electron chi connectivity index (χ1n) is 8.89. The van der Waals surface area contributed by atoms with Gasteiger partial charge in [0.15, 0.2) is 17.2 Å². The molecule has 1 fully saturated rings. The monoisotopic (exact) mass is 376 g/mol. The summed E-state index contributed by atoms with van der Waals surface area (Å²) in [6.07, 6.45) is 6.52. The van der Waals surface area contributed by atoms with Gasteiger partial charge < -0.3 is 15.3 Å². The summed E-state index contributed by atoms with van der Waals surface area (Å²) in [6.45, 7) is 1.29. The lowest BCUT2D eigenvalue weighted by atomic mass is 9.91. The summed E-state index contributed by atoms with van der Waals surface area (Å²) in [5, 5.41) is 13.9. The van der Waals surface area contributed by atoms with Crippen molar-refractivity contribution in [2.24, 2.45) is 0 Å². The molecule has 6 nitrogen and oxygen atoms in total. The maximum absolute atomic E-state index is 13.4. The molecule has 1 aromatic heterocycles. The van der Waals surface area contributed by atoms with E-state index in [4.69, 9.17) is 0 Å². The van der Waals surface area contributed by atoms with Gasteiger partial charge in [0.2, 0.25) is 0 Å². The molecule has 144 valence electrons. The van der Waals surface area contributed by atoms with E-state index in [0.717, 1.165) is 17.8 Å². The van der Waals surface area contributed by atoms with Gasteiger partial charge in [-0.05, 0) is 30.5 Å².